The molecule has 0 amide bonds. The molecule has 3 rings (SSSR count). The Bertz CT molecular complexity index is 601. The van der Waals surface area contributed by atoms with Crippen LogP contribution >= 0.6 is 22.7 Å². The zero-order valence-corrected chi connectivity index (χ0v) is 10.7. The molecule has 3 aromatic heterocycles. The summed E-state index contributed by atoms with van der Waals surface area (Å²) in [7, 11) is 0. The number of nitrogens with one attached hydrogen (secondary N) is 1. The lowest BCUT2D eigenvalue weighted by molar-refractivity contribution is 1.01. The third-order valence-corrected chi connectivity index (χ3v) is 4.20. The van der Waals surface area contributed by atoms with Gasteiger partial charge in [0.2, 0.25) is 5.95 Å². The van der Waals surface area contributed by atoms with Crippen molar-refractivity contribution < 1.29 is 0 Å². The first-order valence-electron chi connectivity index (χ1n) is 5.38. The van der Waals surface area contributed by atoms with Crippen LogP contribution in [0.1, 0.15) is 4.88 Å². The quantitative estimate of drug-likeness (QED) is 0.782. The SMILES string of the molecule is c1csc(CCNc2ncc3ccsc3n2)c1. The van der Waals surface area contributed by atoms with Gasteiger partial charge in [0.05, 0.1) is 0 Å². The van der Waals surface area contributed by atoms with Crippen molar-refractivity contribution in [3.63, 3.8) is 0 Å². The molecule has 86 valence electrons. The van der Waals surface area contributed by atoms with Crippen LogP contribution in [0.4, 0.5) is 5.95 Å². The van der Waals surface area contributed by atoms with Crippen molar-refractivity contribution in [3.8, 4) is 0 Å². The lowest BCUT2D eigenvalue weighted by Crippen LogP contribution is -2.06. The zero-order chi connectivity index (χ0) is 11.5. The number of hydrogen-bond acceptors (Lipinski definition) is 5. The van der Waals surface area contributed by atoms with Gasteiger partial charge in [-0.2, -0.15) is 0 Å². The highest BCUT2D eigenvalue weighted by Gasteiger charge is 2.00. The fraction of sp³-hybridized carbons (Fsp3) is 0.167. The van der Waals surface area contributed by atoms with Gasteiger partial charge in [0, 0.05) is 23.0 Å². The highest BCUT2D eigenvalue weighted by molar-refractivity contribution is 7.16. The van der Waals surface area contributed by atoms with E-state index < -0.39 is 0 Å². The maximum Gasteiger partial charge on any atom is 0.224 e. The number of rotatable bonds is 4. The Morgan fingerprint density at radius 3 is 3.06 bits per heavy atom. The second-order valence-electron chi connectivity index (χ2n) is 3.63. The maximum atomic E-state index is 4.45. The molecule has 0 aromatic carbocycles. The number of fused-ring (bicyclic) bond motifs is 1. The molecular weight excluding hydrogens is 250 g/mol. The number of aromatic nitrogens is 2. The number of nitrogens with zero attached hydrogens (tertiary/aromatic N) is 2. The molecule has 3 aromatic rings. The summed E-state index contributed by atoms with van der Waals surface area (Å²) in [6, 6.07) is 6.26. The van der Waals surface area contributed by atoms with Crippen LogP contribution in [0, 0.1) is 0 Å². The Kier molecular flexibility index (Phi) is 3.02. The summed E-state index contributed by atoms with van der Waals surface area (Å²) >= 11 is 3.43. The van der Waals surface area contributed by atoms with Crippen LogP contribution in [-0.2, 0) is 6.42 Å². The molecule has 3 nitrogen and oxygen atoms in total. The molecule has 0 spiro atoms. The van der Waals surface area contributed by atoms with Gasteiger partial charge in [-0.3, -0.25) is 0 Å². The smallest absolute Gasteiger partial charge is 0.224 e. The predicted molar refractivity (Wildman–Crippen MR) is 73.9 cm³/mol. The molecule has 0 fully saturated rings. The monoisotopic (exact) mass is 261 g/mol. The van der Waals surface area contributed by atoms with Gasteiger partial charge >= 0.3 is 0 Å². The summed E-state index contributed by atoms with van der Waals surface area (Å²) in [5.41, 5.74) is 0. The van der Waals surface area contributed by atoms with Gasteiger partial charge in [0.25, 0.3) is 0 Å². The predicted octanol–water partition coefficient (Wildman–Crippen LogP) is 3.41. The summed E-state index contributed by atoms with van der Waals surface area (Å²) in [5, 5.41) is 8.50. The Morgan fingerprint density at radius 1 is 1.18 bits per heavy atom. The Hall–Kier alpha value is -1.46. The molecule has 0 atom stereocenters. The Labute approximate surface area is 107 Å². The number of anilines is 1. The first-order chi connectivity index (χ1) is 8.42. The summed E-state index contributed by atoms with van der Waals surface area (Å²) in [4.78, 5) is 11.2. The summed E-state index contributed by atoms with van der Waals surface area (Å²) in [6.07, 6.45) is 2.88. The Balaban J connectivity index is 1.64. The van der Waals surface area contributed by atoms with E-state index in [2.05, 4.69) is 32.8 Å². The lowest BCUT2D eigenvalue weighted by Gasteiger charge is -2.02. The van der Waals surface area contributed by atoms with Crippen molar-refractivity contribution in [3.05, 3.63) is 40.0 Å². The van der Waals surface area contributed by atoms with E-state index in [-0.39, 0.29) is 0 Å². The third kappa shape index (κ3) is 2.45. The molecule has 0 aliphatic carbocycles. The molecule has 3 heterocycles. The minimum atomic E-state index is 0.719. The van der Waals surface area contributed by atoms with Gasteiger partial charge in [0.1, 0.15) is 4.83 Å². The number of thiophene rings is 2. The van der Waals surface area contributed by atoms with E-state index in [9.17, 15) is 0 Å². The van der Waals surface area contributed by atoms with Crippen LogP contribution in [0.2, 0.25) is 0 Å². The van der Waals surface area contributed by atoms with E-state index in [4.69, 9.17) is 0 Å². The molecular formula is C12H11N3S2. The molecule has 0 saturated carbocycles. The van der Waals surface area contributed by atoms with E-state index in [1.165, 1.54) is 4.88 Å². The fourth-order valence-corrected chi connectivity index (χ4v) is 3.04. The van der Waals surface area contributed by atoms with Crippen LogP contribution in [-0.4, -0.2) is 16.5 Å². The maximum absolute atomic E-state index is 4.45. The molecule has 0 saturated heterocycles. The van der Waals surface area contributed by atoms with Crippen molar-refractivity contribution in [2.24, 2.45) is 0 Å². The van der Waals surface area contributed by atoms with E-state index in [0.717, 1.165) is 29.1 Å². The molecule has 5 heteroatoms. The Morgan fingerprint density at radius 2 is 2.18 bits per heavy atom. The molecule has 0 aliphatic rings. The van der Waals surface area contributed by atoms with Crippen molar-refractivity contribution >= 4 is 38.8 Å². The van der Waals surface area contributed by atoms with Crippen molar-refractivity contribution in [1.82, 2.24) is 9.97 Å². The van der Waals surface area contributed by atoms with Gasteiger partial charge in [-0.25, -0.2) is 9.97 Å². The molecule has 0 bridgehead atoms. The first-order valence-corrected chi connectivity index (χ1v) is 7.14. The highest BCUT2D eigenvalue weighted by atomic mass is 32.1. The fourth-order valence-electron chi connectivity index (χ4n) is 1.59. The normalized spacial score (nSPS) is 10.8. The zero-order valence-electron chi connectivity index (χ0n) is 9.09. The van der Waals surface area contributed by atoms with E-state index >= 15 is 0 Å². The summed E-state index contributed by atoms with van der Waals surface area (Å²) in [6.45, 7) is 0.872. The molecule has 0 unspecified atom stereocenters. The van der Waals surface area contributed by atoms with Crippen molar-refractivity contribution in [1.29, 1.82) is 0 Å². The topological polar surface area (TPSA) is 37.8 Å². The van der Waals surface area contributed by atoms with Crippen LogP contribution in [0.3, 0.4) is 0 Å². The van der Waals surface area contributed by atoms with Crippen LogP contribution < -0.4 is 5.32 Å². The standard InChI is InChI=1S/C12H11N3S2/c1-2-10(16-6-1)3-5-13-12-14-8-9-4-7-17-11(9)15-12/h1-2,4,6-8H,3,5H2,(H,13,14,15). The first kappa shape index (κ1) is 10.7. The summed E-state index contributed by atoms with van der Waals surface area (Å²) < 4.78 is 0. The second-order valence-corrected chi connectivity index (χ2v) is 5.56. The van der Waals surface area contributed by atoms with Crippen molar-refractivity contribution in [2.45, 2.75) is 6.42 Å². The molecule has 1 N–H and O–H groups in total. The minimum absolute atomic E-state index is 0.719. The van der Waals surface area contributed by atoms with E-state index in [1.807, 2.05) is 17.6 Å². The van der Waals surface area contributed by atoms with Crippen LogP contribution in [0.5, 0.6) is 0 Å². The summed E-state index contributed by atoms with van der Waals surface area (Å²) in [5.74, 6) is 0.719. The van der Waals surface area contributed by atoms with Gasteiger partial charge < -0.3 is 5.32 Å². The van der Waals surface area contributed by atoms with Gasteiger partial charge in [-0.05, 0) is 29.3 Å². The average Bonchev–Trinajstić information content (AvgIpc) is 2.98. The molecule has 0 aliphatic heterocycles. The second kappa shape index (κ2) is 4.81. The van der Waals surface area contributed by atoms with Gasteiger partial charge in [-0.1, -0.05) is 6.07 Å². The molecule has 17 heavy (non-hydrogen) atoms. The highest BCUT2D eigenvalue weighted by Crippen LogP contribution is 2.18. The minimum Gasteiger partial charge on any atom is -0.354 e. The van der Waals surface area contributed by atoms with E-state index in [1.54, 1.807) is 22.7 Å². The third-order valence-electron chi connectivity index (χ3n) is 2.44. The molecule has 0 radical (unpaired) electrons. The largest absolute Gasteiger partial charge is 0.354 e. The van der Waals surface area contributed by atoms with Gasteiger partial charge in [-0.15, -0.1) is 22.7 Å². The van der Waals surface area contributed by atoms with Crippen LogP contribution in [0.25, 0.3) is 10.2 Å². The van der Waals surface area contributed by atoms with E-state index in [0.29, 0.717) is 0 Å². The van der Waals surface area contributed by atoms with Gasteiger partial charge in [0.15, 0.2) is 0 Å². The van der Waals surface area contributed by atoms with Crippen LogP contribution in [0.15, 0.2) is 35.2 Å². The van der Waals surface area contributed by atoms with Crippen molar-refractivity contribution in [2.75, 3.05) is 11.9 Å². The number of hydrogen-bond donors (Lipinski definition) is 1. The lowest BCUT2D eigenvalue weighted by atomic mass is 10.3. The average molecular weight is 261 g/mol.